The SMILES string of the molecule is COCC1(CNC(=O)c2cnn(Cc3ccccc3Cl)c2)CCCN1. The topological polar surface area (TPSA) is 68.2 Å². The number of aromatic nitrogens is 2. The maximum Gasteiger partial charge on any atom is 0.254 e. The minimum absolute atomic E-state index is 0.130. The van der Waals surface area contributed by atoms with Gasteiger partial charge < -0.3 is 15.4 Å². The summed E-state index contributed by atoms with van der Waals surface area (Å²) in [7, 11) is 1.68. The fourth-order valence-electron chi connectivity index (χ4n) is 3.19. The van der Waals surface area contributed by atoms with E-state index in [1.165, 1.54) is 0 Å². The molecule has 0 aliphatic carbocycles. The Balaban J connectivity index is 1.60. The summed E-state index contributed by atoms with van der Waals surface area (Å²) in [6.07, 6.45) is 5.41. The molecule has 1 unspecified atom stereocenters. The molecule has 1 fully saturated rings. The average molecular weight is 363 g/mol. The smallest absolute Gasteiger partial charge is 0.254 e. The molecule has 1 aromatic carbocycles. The van der Waals surface area contributed by atoms with Gasteiger partial charge in [-0.05, 0) is 31.0 Å². The van der Waals surface area contributed by atoms with Crippen molar-refractivity contribution in [2.75, 3.05) is 26.8 Å². The zero-order valence-corrected chi connectivity index (χ0v) is 15.1. The van der Waals surface area contributed by atoms with Crippen LogP contribution >= 0.6 is 11.6 Å². The number of benzene rings is 1. The first-order valence-electron chi connectivity index (χ1n) is 8.40. The number of nitrogens with zero attached hydrogens (tertiary/aromatic N) is 2. The van der Waals surface area contributed by atoms with E-state index in [9.17, 15) is 4.79 Å². The summed E-state index contributed by atoms with van der Waals surface area (Å²) in [6, 6.07) is 7.62. The Morgan fingerprint density at radius 2 is 2.32 bits per heavy atom. The molecular formula is C18H23ClN4O2. The van der Waals surface area contributed by atoms with Crippen LogP contribution in [0.3, 0.4) is 0 Å². The van der Waals surface area contributed by atoms with Crippen LogP contribution in [0.1, 0.15) is 28.8 Å². The molecule has 0 bridgehead atoms. The van der Waals surface area contributed by atoms with Gasteiger partial charge in [-0.3, -0.25) is 9.48 Å². The van der Waals surface area contributed by atoms with Crippen molar-refractivity contribution in [1.29, 1.82) is 0 Å². The van der Waals surface area contributed by atoms with Gasteiger partial charge in [-0.1, -0.05) is 29.8 Å². The summed E-state index contributed by atoms with van der Waals surface area (Å²) in [5.74, 6) is -0.130. The van der Waals surface area contributed by atoms with E-state index in [0.717, 1.165) is 24.9 Å². The zero-order valence-electron chi connectivity index (χ0n) is 14.3. The predicted molar refractivity (Wildman–Crippen MR) is 97.0 cm³/mol. The van der Waals surface area contributed by atoms with Crippen molar-refractivity contribution in [3.05, 3.63) is 52.8 Å². The van der Waals surface area contributed by atoms with Gasteiger partial charge in [0.05, 0.1) is 30.5 Å². The molecule has 1 aliphatic rings. The predicted octanol–water partition coefficient (Wildman–Crippen LogP) is 2.08. The van der Waals surface area contributed by atoms with Gasteiger partial charge in [0.25, 0.3) is 5.91 Å². The average Bonchev–Trinajstić information content (AvgIpc) is 3.25. The molecular weight excluding hydrogens is 340 g/mol. The van der Waals surface area contributed by atoms with Crippen molar-refractivity contribution in [3.63, 3.8) is 0 Å². The highest BCUT2D eigenvalue weighted by molar-refractivity contribution is 6.31. The van der Waals surface area contributed by atoms with E-state index in [1.54, 1.807) is 24.2 Å². The quantitative estimate of drug-likeness (QED) is 0.791. The van der Waals surface area contributed by atoms with Gasteiger partial charge in [-0.2, -0.15) is 5.10 Å². The lowest BCUT2D eigenvalue weighted by Crippen LogP contribution is -2.52. The first kappa shape index (κ1) is 17.9. The van der Waals surface area contributed by atoms with Crippen LogP contribution in [0.25, 0.3) is 0 Å². The summed E-state index contributed by atoms with van der Waals surface area (Å²) in [4.78, 5) is 12.4. The van der Waals surface area contributed by atoms with Crippen LogP contribution < -0.4 is 10.6 Å². The second-order valence-electron chi connectivity index (χ2n) is 6.44. The Labute approximate surface area is 152 Å². The van der Waals surface area contributed by atoms with E-state index < -0.39 is 0 Å². The third-order valence-electron chi connectivity index (χ3n) is 4.53. The van der Waals surface area contributed by atoms with Crippen molar-refractivity contribution in [2.24, 2.45) is 0 Å². The van der Waals surface area contributed by atoms with Crippen LogP contribution in [-0.4, -0.2) is 48.0 Å². The molecule has 1 aromatic heterocycles. The molecule has 2 N–H and O–H groups in total. The number of rotatable bonds is 7. The maximum atomic E-state index is 12.4. The van der Waals surface area contributed by atoms with E-state index in [2.05, 4.69) is 15.7 Å². The van der Waals surface area contributed by atoms with Crippen LogP contribution in [-0.2, 0) is 11.3 Å². The Bertz CT molecular complexity index is 725. The lowest BCUT2D eigenvalue weighted by atomic mass is 9.98. The highest BCUT2D eigenvalue weighted by atomic mass is 35.5. The van der Waals surface area contributed by atoms with Gasteiger partial charge in [-0.25, -0.2) is 0 Å². The highest BCUT2D eigenvalue weighted by Crippen LogP contribution is 2.19. The van der Waals surface area contributed by atoms with E-state index in [4.69, 9.17) is 16.3 Å². The lowest BCUT2D eigenvalue weighted by Gasteiger charge is -2.28. The molecule has 3 rings (SSSR count). The molecule has 2 aromatic rings. The van der Waals surface area contributed by atoms with Crippen LogP contribution in [0.5, 0.6) is 0 Å². The van der Waals surface area contributed by atoms with Gasteiger partial charge in [0.2, 0.25) is 0 Å². The summed E-state index contributed by atoms with van der Waals surface area (Å²) >= 11 is 6.17. The standard InChI is InChI=1S/C18H23ClN4O2/c1-25-13-18(7-4-8-21-18)12-20-17(24)15-9-22-23(11-15)10-14-5-2-3-6-16(14)19/h2-3,5-6,9,11,21H,4,7-8,10,12-13H2,1H3,(H,20,24). The molecule has 25 heavy (non-hydrogen) atoms. The first-order valence-corrected chi connectivity index (χ1v) is 8.78. The van der Waals surface area contributed by atoms with Crippen molar-refractivity contribution in [3.8, 4) is 0 Å². The molecule has 0 saturated carbocycles. The summed E-state index contributed by atoms with van der Waals surface area (Å²) < 4.78 is 7.02. The largest absolute Gasteiger partial charge is 0.383 e. The number of hydrogen-bond donors (Lipinski definition) is 2. The number of ether oxygens (including phenoxy) is 1. The van der Waals surface area contributed by atoms with E-state index in [-0.39, 0.29) is 11.4 Å². The monoisotopic (exact) mass is 362 g/mol. The fourth-order valence-corrected chi connectivity index (χ4v) is 3.39. The first-order chi connectivity index (χ1) is 12.1. The van der Waals surface area contributed by atoms with Gasteiger partial charge in [0.15, 0.2) is 0 Å². The van der Waals surface area contributed by atoms with Gasteiger partial charge in [0, 0.05) is 24.9 Å². The van der Waals surface area contributed by atoms with Crippen LogP contribution in [0.2, 0.25) is 5.02 Å². The maximum absolute atomic E-state index is 12.4. The summed E-state index contributed by atoms with van der Waals surface area (Å²) in [6.45, 7) is 2.60. The number of hydrogen-bond acceptors (Lipinski definition) is 4. The second kappa shape index (κ2) is 7.99. The molecule has 7 heteroatoms. The Kier molecular flexibility index (Phi) is 5.73. The molecule has 2 heterocycles. The third-order valence-corrected chi connectivity index (χ3v) is 4.89. The minimum Gasteiger partial charge on any atom is -0.383 e. The molecule has 0 spiro atoms. The zero-order chi connectivity index (χ0) is 17.7. The Morgan fingerprint density at radius 1 is 1.48 bits per heavy atom. The number of nitrogens with one attached hydrogen (secondary N) is 2. The van der Waals surface area contributed by atoms with Crippen LogP contribution in [0, 0.1) is 0 Å². The highest BCUT2D eigenvalue weighted by Gasteiger charge is 2.33. The van der Waals surface area contributed by atoms with Crippen LogP contribution in [0.15, 0.2) is 36.7 Å². The van der Waals surface area contributed by atoms with E-state index in [0.29, 0.717) is 30.3 Å². The minimum atomic E-state index is -0.169. The molecule has 1 aliphatic heterocycles. The molecule has 0 radical (unpaired) electrons. The number of halogens is 1. The van der Waals surface area contributed by atoms with Gasteiger partial charge in [-0.15, -0.1) is 0 Å². The number of amides is 1. The van der Waals surface area contributed by atoms with Crippen molar-refractivity contribution in [1.82, 2.24) is 20.4 Å². The Morgan fingerprint density at radius 3 is 3.04 bits per heavy atom. The number of carbonyl (C=O) groups is 1. The molecule has 1 atom stereocenters. The number of carbonyl (C=O) groups excluding carboxylic acids is 1. The third kappa shape index (κ3) is 4.39. The summed E-state index contributed by atoms with van der Waals surface area (Å²) in [5, 5.41) is 11.4. The van der Waals surface area contributed by atoms with E-state index in [1.807, 2.05) is 24.3 Å². The number of methoxy groups -OCH3 is 1. The lowest BCUT2D eigenvalue weighted by molar-refractivity contribution is 0.0892. The van der Waals surface area contributed by atoms with Gasteiger partial charge in [0.1, 0.15) is 0 Å². The molecule has 1 saturated heterocycles. The second-order valence-corrected chi connectivity index (χ2v) is 6.85. The van der Waals surface area contributed by atoms with E-state index >= 15 is 0 Å². The van der Waals surface area contributed by atoms with Crippen molar-refractivity contribution >= 4 is 17.5 Å². The van der Waals surface area contributed by atoms with Crippen molar-refractivity contribution in [2.45, 2.75) is 24.9 Å². The Hall–Kier alpha value is -1.89. The van der Waals surface area contributed by atoms with Crippen LogP contribution in [0.4, 0.5) is 0 Å². The fraction of sp³-hybridized carbons (Fsp3) is 0.444. The molecule has 134 valence electrons. The molecule has 1 amide bonds. The summed E-state index contributed by atoms with van der Waals surface area (Å²) in [5.41, 5.74) is 1.34. The molecule has 6 nitrogen and oxygen atoms in total. The van der Waals surface area contributed by atoms with Crippen molar-refractivity contribution < 1.29 is 9.53 Å². The van der Waals surface area contributed by atoms with Gasteiger partial charge >= 0.3 is 0 Å². The normalized spacial score (nSPS) is 19.9.